The number of rotatable bonds is 10. The van der Waals surface area contributed by atoms with Crippen molar-refractivity contribution in [2.45, 2.75) is 57.4 Å². The lowest BCUT2D eigenvalue weighted by atomic mass is 10.1. The van der Waals surface area contributed by atoms with Crippen molar-refractivity contribution in [3.8, 4) is 0 Å². The SMILES string of the molecule is C[Si](C)(C)OOC[C@H](O)[C@@H](OO[Si](C)(C)C)C(F)(F)C=O. The highest BCUT2D eigenvalue weighted by Gasteiger charge is 2.47. The number of hydrogen-bond acceptors (Lipinski definition) is 6. The largest absolute Gasteiger partial charge is 0.387 e. The average molecular weight is 346 g/mol. The third-order valence-corrected chi connectivity index (χ3v) is 3.05. The van der Waals surface area contributed by atoms with Crippen LogP contribution < -0.4 is 0 Å². The molecule has 0 unspecified atom stereocenters. The number of aliphatic hydroxyl groups excluding tert-OH is 1. The third kappa shape index (κ3) is 9.40. The predicted molar refractivity (Wildman–Crippen MR) is 76.7 cm³/mol. The number of carbonyl (C=O) groups is 1. The van der Waals surface area contributed by atoms with Gasteiger partial charge in [-0.15, -0.1) is 0 Å². The Morgan fingerprint density at radius 3 is 1.95 bits per heavy atom. The van der Waals surface area contributed by atoms with Gasteiger partial charge in [-0.3, -0.25) is 13.9 Å². The number of alkyl halides is 2. The van der Waals surface area contributed by atoms with Crippen LogP contribution in [0.2, 0.25) is 39.3 Å². The number of carbonyl (C=O) groups excluding carboxylic acids is 1. The van der Waals surface area contributed by atoms with Gasteiger partial charge < -0.3 is 5.11 Å². The highest BCUT2D eigenvalue weighted by molar-refractivity contribution is 6.69. The molecule has 0 fully saturated rings. The van der Waals surface area contributed by atoms with Crippen LogP contribution in [0.25, 0.3) is 0 Å². The molecule has 0 saturated heterocycles. The van der Waals surface area contributed by atoms with Gasteiger partial charge in [0, 0.05) is 0 Å². The van der Waals surface area contributed by atoms with E-state index >= 15 is 0 Å². The molecule has 10 heteroatoms. The van der Waals surface area contributed by atoms with E-state index in [2.05, 4.69) is 4.89 Å². The van der Waals surface area contributed by atoms with Crippen molar-refractivity contribution in [1.29, 1.82) is 0 Å². The van der Waals surface area contributed by atoms with Crippen LogP contribution in [0.3, 0.4) is 0 Å². The topological polar surface area (TPSA) is 74.2 Å². The smallest absolute Gasteiger partial charge is 0.333 e. The summed E-state index contributed by atoms with van der Waals surface area (Å²) < 4.78 is 36.9. The second kappa shape index (κ2) is 7.85. The minimum Gasteiger partial charge on any atom is -0.387 e. The first-order chi connectivity index (χ1) is 9.28. The molecular formula is C11H24F2O6Si2. The van der Waals surface area contributed by atoms with Crippen molar-refractivity contribution in [3.63, 3.8) is 0 Å². The number of aldehydes is 1. The molecule has 0 aromatic rings. The minimum absolute atomic E-state index is 0.562. The third-order valence-electron chi connectivity index (χ3n) is 1.84. The summed E-state index contributed by atoms with van der Waals surface area (Å²) in [7, 11) is -4.28. The number of hydrogen-bond donors (Lipinski definition) is 1. The molecule has 0 aliphatic carbocycles. The summed E-state index contributed by atoms with van der Waals surface area (Å²) in [5.41, 5.74) is 0. The fourth-order valence-corrected chi connectivity index (χ4v) is 1.83. The average Bonchev–Trinajstić information content (AvgIpc) is 2.25. The molecule has 0 amide bonds. The molecule has 0 spiro atoms. The Balaban J connectivity index is 4.68. The van der Waals surface area contributed by atoms with Gasteiger partial charge in [0.25, 0.3) is 0 Å². The van der Waals surface area contributed by atoms with Crippen LogP contribution in [-0.4, -0.2) is 52.8 Å². The summed E-state index contributed by atoms with van der Waals surface area (Å²) in [5, 5.41) is 9.75. The molecule has 126 valence electrons. The van der Waals surface area contributed by atoms with Crippen LogP contribution in [0.1, 0.15) is 0 Å². The zero-order chi connectivity index (χ0) is 16.9. The fourth-order valence-electron chi connectivity index (χ4n) is 1.02. The Kier molecular flexibility index (Phi) is 7.77. The van der Waals surface area contributed by atoms with Crippen LogP contribution in [0, 0.1) is 0 Å². The zero-order valence-electron chi connectivity index (χ0n) is 13.2. The highest BCUT2D eigenvalue weighted by Crippen LogP contribution is 2.24. The van der Waals surface area contributed by atoms with Gasteiger partial charge in [0.2, 0.25) is 16.6 Å². The lowest BCUT2D eigenvalue weighted by molar-refractivity contribution is -0.330. The van der Waals surface area contributed by atoms with Gasteiger partial charge in [0.1, 0.15) is 12.7 Å². The predicted octanol–water partition coefficient (Wildman–Crippen LogP) is 2.12. The molecule has 21 heavy (non-hydrogen) atoms. The Morgan fingerprint density at radius 2 is 1.57 bits per heavy atom. The van der Waals surface area contributed by atoms with E-state index in [0.29, 0.717) is 0 Å². The quantitative estimate of drug-likeness (QED) is 0.283. The van der Waals surface area contributed by atoms with E-state index in [1.54, 1.807) is 19.6 Å². The molecule has 0 aromatic carbocycles. The Labute approximate surface area is 125 Å². The van der Waals surface area contributed by atoms with Gasteiger partial charge in [-0.25, -0.2) is 9.78 Å². The van der Waals surface area contributed by atoms with Gasteiger partial charge in [0.05, 0.1) is 0 Å². The van der Waals surface area contributed by atoms with E-state index in [4.69, 9.17) is 14.0 Å². The first-order valence-corrected chi connectivity index (χ1v) is 13.3. The summed E-state index contributed by atoms with van der Waals surface area (Å²) in [6.07, 6.45) is -4.53. The summed E-state index contributed by atoms with van der Waals surface area (Å²) in [6.45, 7) is 10.0. The molecule has 0 bridgehead atoms. The van der Waals surface area contributed by atoms with E-state index in [-0.39, 0.29) is 0 Å². The van der Waals surface area contributed by atoms with Crippen molar-refractivity contribution in [2.24, 2.45) is 0 Å². The van der Waals surface area contributed by atoms with Crippen LogP contribution in [0.4, 0.5) is 8.78 Å². The summed E-state index contributed by atoms with van der Waals surface area (Å²) in [6, 6.07) is 0. The van der Waals surface area contributed by atoms with Crippen LogP contribution >= 0.6 is 0 Å². The minimum atomic E-state index is -3.90. The van der Waals surface area contributed by atoms with Gasteiger partial charge in [-0.05, 0) is 39.3 Å². The lowest BCUT2D eigenvalue weighted by Gasteiger charge is -2.29. The molecule has 0 heterocycles. The summed E-state index contributed by atoms with van der Waals surface area (Å²) in [5.74, 6) is -3.90. The molecule has 6 nitrogen and oxygen atoms in total. The number of halogens is 2. The van der Waals surface area contributed by atoms with E-state index in [1.807, 2.05) is 19.6 Å². The van der Waals surface area contributed by atoms with E-state index in [1.165, 1.54) is 0 Å². The molecule has 0 aliphatic rings. The van der Waals surface area contributed by atoms with Crippen molar-refractivity contribution in [1.82, 2.24) is 0 Å². The molecule has 0 saturated carbocycles. The normalized spacial score (nSPS) is 16.6. The van der Waals surface area contributed by atoms with Crippen molar-refractivity contribution < 1.29 is 37.6 Å². The van der Waals surface area contributed by atoms with Crippen LogP contribution in [0.15, 0.2) is 0 Å². The maximum atomic E-state index is 13.5. The number of aliphatic hydroxyl groups is 1. The standard InChI is InChI=1S/C11H24F2O6Si2/c1-20(2,3)18-16-7-9(15)10(11(12,13)8-14)17-19-21(4,5)6/h8-10,15H,7H2,1-6H3/t9-,10+/m0/s1. The second-order valence-electron chi connectivity index (χ2n) is 6.55. The molecular weight excluding hydrogens is 322 g/mol. The molecule has 1 N–H and O–H groups in total. The monoisotopic (exact) mass is 346 g/mol. The summed E-state index contributed by atoms with van der Waals surface area (Å²) in [4.78, 5) is 19.8. The van der Waals surface area contributed by atoms with Crippen molar-refractivity contribution in [3.05, 3.63) is 0 Å². The van der Waals surface area contributed by atoms with E-state index < -0.39 is 47.7 Å². The Bertz CT molecular complexity index is 330. The zero-order valence-corrected chi connectivity index (χ0v) is 15.2. The molecule has 0 radical (unpaired) electrons. The Hall–Kier alpha value is -0.236. The Morgan fingerprint density at radius 1 is 1.10 bits per heavy atom. The van der Waals surface area contributed by atoms with Gasteiger partial charge in [-0.2, -0.15) is 8.78 Å². The first kappa shape index (κ1) is 20.8. The lowest BCUT2D eigenvalue weighted by Crippen LogP contribution is -2.49. The molecule has 0 aromatic heterocycles. The molecule has 0 aliphatic heterocycles. The first-order valence-electron chi connectivity index (χ1n) is 6.46. The van der Waals surface area contributed by atoms with Gasteiger partial charge >= 0.3 is 5.92 Å². The van der Waals surface area contributed by atoms with E-state index in [9.17, 15) is 18.7 Å². The maximum absolute atomic E-state index is 13.5. The van der Waals surface area contributed by atoms with E-state index in [0.717, 1.165) is 0 Å². The molecule has 0 rings (SSSR count). The second-order valence-corrected chi connectivity index (χ2v) is 15.3. The highest BCUT2D eigenvalue weighted by atomic mass is 28.4. The summed E-state index contributed by atoms with van der Waals surface area (Å²) >= 11 is 0. The van der Waals surface area contributed by atoms with Crippen LogP contribution in [0.5, 0.6) is 0 Å². The van der Waals surface area contributed by atoms with Crippen molar-refractivity contribution in [2.75, 3.05) is 6.61 Å². The van der Waals surface area contributed by atoms with Gasteiger partial charge in [0.15, 0.2) is 12.4 Å². The van der Waals surface area contributed by atoms with Gasteiger partial charge in [-0.1, -0.05) is 0 Å². The van der Waals surface area contributed by atoms with Crippen LogP contribution in [-0.2, 0) is 23.7 Å². The van der Waals surface area contributed by atoms with Crippen molar-refractivity contribution >= 4 is 22.9 Å². The fraction of sp³-hybridized carbons (Fsp3) is 0.909. The maximum Gasteiger partial charge on any atom is 0.333 e. The molecule has 2 atom stereocenters.